The van der Waals surface area contributed by atoms with Gasteiger partial charge >= 0.3 is 0 Å². The molecule has 4 nitrogen and oxygen atoms in total. The fraction of sp³-hybridized carbons (Fsp3) is 0.182. The predicted octanol–water partition coefficient (Wildman–Crippen LogP) is 2.06. The summed E-state index contributed by atoms with van der Waals surface area (Å²) in [5.74, 6) is 0.930. The number of aromatic hydroxyl groups is 1. The van der Waals surface area contributed by atoms with Crippen LogP contribution in [0.3, 0.4) is 0 Å². The van der Waals surface area contributed by atoms with Crippen molar-refractivity contribution >= 4 is 44.6 Å². The Hall–Kier alpha value is -1.40. The summed E-state index contributed by atoms with van der Waals surface area (Å²) in [7, 11) is 0. The molecule has 1 aliphatic heterocycles. The van der Waals surface area contributed by atoms with Gasteiger partial charge in [0.15, 0.2) is 0 Å². The van der Waals surface area contributed by atoms with Gasteiger partial charge in [-0.1, -0.05) is 0 Å². The Bertz CT molecular complexity index is 621. The number of benzene rings is 1. The molecule has 0 saturated carbocycles. The van der Waals surface area contributed by atoms with Crippen molar-refractivity contribution in [1.82, 2.24) is 4.98 Å². The van der Waals surface area contributed by atoms with Crippen LogP contribution in [0, 0.1) is 0 Å². The summed E-state index contributed by atoms with van der Waals surface area (Å²) in [5.41, 5.74) is 0.848. The number of phenolic OH excluding ortho intramolecular Hbond substituents is 1. The van der Waals surface area contributed by atoms with Crippen molar-refractivity contribution in [3.8, 4) is 5.75 Å². The van der Waals surface area contributed by atoms with Gasteiger partial charge in [-0.05, 0) is 18.2 Å². The van der Waals surface area contributed by atoms with Crippen molar-refractivity contribution < 1.29 is 9.90 Å². The van der Waals surface area contributed by atoms with Crippen LogP contribution in [0.2, 0.25) is 0 Å². The van der Waals surface area contributed by atoms with E-state index in [2.05, 4.69) is 9.98 Å². The Balaban J connectivity index is 2.04. The number of hydrogen-bond acceptors (Lipinski definition) is 6. The summed E-state index contributed by atoms with van der Waals surface area (Å²) in [5, 5.41) is 11.0. The molecule has 0 spiro atoms. The largest absolute Gasteiger partial charge is 0.508 e. The molecule has 0 bridgehead atoms. The second-order valence-electron chi connectivity index (χ2n) is 3.62. The van der Waals surface area contributed by atoms with Gasteiger partial charge < -0.3 is 9.90 Å². The van der Waals surface area contributed by atoms with Crippen LogP contribution >= 0.6 is 23.1 Å². The van der Waals surface area contributed by atoms with Gasteiger partial charge in [-0.15, -0.1) is 23.1 Å². The molecule has 0 aliphatic carbocycles. The third kappa shape index (κ3) is 1.94. The van der Waals surface area contributed by atoms with E-state index in [0.29, 0.717) is 5.75 Å². The standard InChI is InChI=1S/C11H8N2O2S2/c14-4-6-5-16-10(12-6)11-13-8-2-1-7(15)3-9(8)17-11/h1-4,6,15H,5H2/t6-/m0/s1. The lowest BCUT2D eigenvalue weighted by Gasteiger charge is -1.89. The second kappa shape index (κ2) is 4.12. The van der Waals surface area contributed by atoms with Gasteiger partial charge in [-0.25, -0.2) is 4.98 Å². The van der Waals surface area contributed by atoms with E-state index in [1.807, 2.05) is 0 Å². The van der Waals surface area contributed by atoms with Gasteiger partial charge in [0, 0.05) is 5.75 Å². The molecule has 0 amide bonds. The molecular formula is C11H8N2O2S2. The second-order valence-corrected chi connectivity index (χ2v) is 5.66. The van der Waals surface area contributed by atoms with E-state index >= 15 is 0 Å². The van der Waals surface area contributed by atoms with E-state index in [0.717, 1.165) is 26.6 Å². The molecule has 2 heterocycles. The third-order valence-electron chi connectivity index (χ3n) is 2.39. The predicted molar refractivity (Wildman–Crippen MR) is 70.1 cm³/mol. The number of fused-ring (bicyclic) bond motifs is 1. The SMILES string of the molecule is O=C[C@H]1CSC(c2nc3ccc(O)cc3s2)=N1. The molecule has 17 heavy (non-hydrogen) atoms. The molecule has 1 aromatic heterocycles. The maximum atomic E-state index is 10.6. The average Bonchev–Trinajstić information content (AvgIpc) is 2.93. The van der Waals surface area contributed by atoms with Crippen molar-refractivity contribution in [2.24, 2.45) is 4.99 Å². The zero-order chi connectivity index (χ0) is 11.8. The lowest BCUT2D eigenvalue weighted by atomic mass is 10.3. The van der Waals surface area contributed by atoms with Crippen molar-refractivity contribution in [1.29, 1.82) is 0 Å². The van der Waals surface area contributed by atoms with Crippen LogP contribution < -0.4 is 0 Å². The minimum Gasteiger partial charge on any atom is -0.508 e. The Kier molecular flexibility index (Phi) is 2.60. The topological polar surface area (TPSA) is 62.5 Å². The van der Waals surface area contributed by atoms with E-state index in [4.69, 9.17) is 0 Å². The maximum Gasteiger partial charge on any atom is 0.149 e. The summed E-state index contributed by atoms with van der Waals surface area (Å²) in [6.07, 6.45) is 0.860. The van der Waals surface area contributed by atoms with Crippen molar-refractivity contribution in [2.45, 2.75) is 6.04 Å². The monoisotopic (exact) mass is 264 g/mol. The number of aldehydes is 1. The number of rotatable bonds is 2. The molecule has 6 heteroatoms. The van der Waals surface area contributed by atoms with Crippen LogP contribution in [0.25, 0.3) is 10.2 Å². The lowest BCUT2D eigenvalue weighted by molar-refractivity contribution is -0.108. The number of nitrogens with zero attached hydrogens (tertiary/aromatic N) is 2. The Morgan fingerprint density at radius 1 is 1.47 bits per heavy atom. The molecule has 3 rings (SSSR count). The molecule has 1 aromatic carbocycles. The number of aliphatic imine (C=N–C) groups is 1. The molecule has 0 fully saturated rings. The van der Waals surface area contributed by atoms with Crippen molar-refractivity contribution in [3.63, 3.8) is 0 Å². The molecule has 1 N–H and O–H groups in total. The summed E-state index contributed by atoms with van der Waals surface area (Å²) >= 11 is 3.03. The van der Waals surface area contributed by atoms with Crippen molar-refractivity contribution in [3.05, 3.63) is 23.2 Å². The van der Waals surface area contributed by atoms with Crippen LogP contribution in [0.1, 0.15) is 5.01 Å². The molecule has 0 radical (unpaired) electrons. The molecule has 86 valence electrons. The first kappa shape index (κ1) is 10.7. The van der Waals surface area contributed by atoms with Crippen LogP contribution in [0.15, 0.2) is 23.2 Å². The molecule has 0 saturated heterocycles. The summed E-state index contributed by atoms with van der Waals surface area (Å²) in [6, 6.07) is 4.84. The normalized spacial score (nSPS) is 19.5. The number of hydrogen-bond donors (Lipinski definition) is 1. The summed E-state index contributed by atoms with van der Waals surface area (Å²) < 4.78 is 0.929. The van der Waals surface area contributed by atoms with E-state index in [-0.39, 0.29) is 11.8 Å². The lowest BCUT2D eigenvalue weighted by Crippen LogP contribution is -2.03. The van der Waals surface area contributed by atoms with E-state index in [1.54, 1.807) is 30.0 Å². The number of aromatic nitrogens is 1. The first-order valence-corrected chi connectivity index (χ1v) is 6.82. The number of carbonyl (C=O) groups excluding carboxylic acids is 1. The van der Waals surface area contributed by atoms with Gasteiger partial charge in [0.25, 0.3) is 0 Å². The number of carbonyl (C=O) groups is 1. The molecule has 1 aliphatic rings. The van der Waals surface area contributed by atoms with E-state index in [9.17, 15) is 9.90 Å². The molecule has 1 atom stereocenters. The number of phenols is 1. The third-order valence-corrected chi connectivity index (χ3v) is 4.62. The van der Waals surface area contributed by atoms with Crippen LogP contribution in [-0.4, -0.2) is 33.2 Å². The van der Waals surface area contributed by atoms with Gasteiger partial charge in [0.1, 0.15) is 28.1 Å². The Labute approximate surface area is 105 Å². The molecule has 0 unspecified atom stereocenters. The first-order chi connectivity index (χ1) is 8.26. The average molecular weight is 264 g/mol. The zero-order valence-corrected chi connectivity index (χ0v) is 10.3. The van der Waals surface area contributed by atoms with Gasteiger partial charge in [-0.3, -0.25) is 4.99 Å². The highest BCUT2D eigenvalue weighted by Crippen LogP contribution is 2.30. The van der Waals surface area contributed by atoms with Crippen LogP contribution in [-0.2, 0) is 4.79 Å². The maximum absolute atomic E-state index is 10.6. The summed E-state index contributed by atoms with van der Waals surface area (Å²) in [4.78, 5) is 19.4. The van der Waals surface area contributed by atoms with Crippen LogP contribution in [0.5, 0.6) is 5.75 Å². The zero-order valence-electron chi connectivity index (χ0n) is 8.66. The minimum atomic E-state index is -0.240. The Morgan fingerprint density at radius 3 is 3.12 bits per heavy atom. The first-order valence-electron chi connectivity index (χ1n) is 5.02. The minimum absolute atomic E-state index is 0.236. The highest BCUT2D eigenvalue weighted by atomic mass is 32.2. The van der Waals surface area contributed by atoms with E-state index < -0.39 is 0 Å². The fourth-order valence-electron chi connectivity index (χ4n) is 1.58. The van der Waals surface area contributed by atoms with Gasteiger partial charge in [0.2, 0.25) is 0 Å². The molecular weight excluding hydrogens is 256 g/mol. The van der Waals surface area contributed by atoms with Gasteiger partial charge in [-0.2, -0.15) is 0 Å². The van der Waals surface area contributed by atoms with E-state index in [1.165, 1.54) is 11.3 Å². The number of thiazole rings is 1. The Morgan fingerprint density at radius 2 is 2.35 bits per heavy atom. The smallest absolute Gasteiger partial charge is 0.149 e. The highest BCUT2D eigenvalue weighted by Gasteiger charge is 2.21. The summed E-state index contributed by atoms with van der Waals surface area (Å²) in [6.45, 7) is 0. The quantitative estimate of drug-likeness (QED) is 0.843. The van der Waals surface area contributed by atoms with Crippen LogP contribution in [0.4, 0.5) is 0 Å². The fourth-order valence-corrected chi connectivity index (χ4v) is 3.63. The molecule has 2 aromatic rings. The van der Waals surface area contributed by atoms with Gasteiger partial charge in [0.05, 0.1) is 10.2 Å². The van der Waals surface area contributed by atoms with Crippen molar-refractivity contribution in [2.75, 3.05) is 5.75 Å². The highest BCUT2D eigenvalue weighted by molar-refractivity contribution is 8.15. The number of thioether (sulfide) groups is 1.